The molecule has 0 aliphatic carbocycles. The first-order valence-electron chi connectivity index (χ1n) is 12.2. The molecule has 178 valence electrons. The molecule has 0 fully saturated rings. The van der Waals surface area contributed by atoms with Gasteiger partial charge in [-0.15, -0.1) is 0 Å². The molecule has 0 aliphatic heterocycles. The van der Waals surface area contributed by atoms with Crippen molar-refractivity contribution >= 4 is 26.6 Å². The summed E-state index contributed by atoms with van der Waals surface area (Å²) < 4.78 is 36.0. The van der Waals surface area contributed by atoms with Crippen LogP contribution in [0.25, 0.3) is 0 Å². The predicted molar refractivity (Wildman–Crippen MR) is 136 cm³/mol. The summed E-state index contributed by atoms with van der Waals surface area (Å²) in [7, 11) is -3.70. The van der Waals surface area contributed by atoms with E-state index >= 15 is 0 Å². The zero-order chi connectivity index (χ0) is 23.1. The SMILES string of the molecule is CCC[CH2][Sn]([CH2]CCC)([CH2]CCC)[O]P(=O)(OCc1ccccc1)OCc1ccccc1. The molecule has 0 unspecified atom stereocenters. The molecule has 0 bridgehead atoms. The van der Waals surface area contributed by atoms with Crippen molar-refractivity contribution in [2.75, 3.05) is 0 Å². The second kappa shape index (κ2) is 15.3. The Labute approximate surface area is 200 Å². The molecular weight excluding hydrogens is 526 g/mol. The quantitative estimate of drug-likeness (QED) is 0.142. The van der Waals surface area contributed by atoms with Crippen molar-refractivity contribution in [1.82, 2.24) is 0 Å². The van der Waals surface area contributed by atoms with Crippen LogP contribution in [0.1, 0.15) is 70.4 Å². The van der Waals surface area contributed by atoms with Crippen molar-refractivity contribution in [2.45, 2.75) is 85.8 Å². The van der Waals surface area contributed by atoms with E-state index in [1.54, 1.807) is 0 Å². The summed E-state index contributed by atoms with van der Waals surface area (Å²) in [6, 6.07) is 19.7. The van der Waals surface area contributed by atoms with E-state index in [0.29, 0.717) is 0 Å². The fraction of sp³-hybridized carbons (Fsp3) is 0.538. The van der Waals surface area contributed by atoms with Crippen molar-refractivity contribution in [1.29, 1.82) is 0 Å². The van der Waals surface area contributed by atoms with Crippen molar-refractivity contribution in [3.8, 4) is 0 Å². The zero-order valence-corrected chi connectivity index (χ0v) is 23.9. The van der Waals surface area contributed by atoms with Gasteiger partial charge < -0.3 is 0 Å². The third-order valence-electron chi connectivity index (χ3n) is 5.73. The summed E-state index contributed by atoms with van der Waals surface area (Å²) in [5.41, 5.74) is 1.94. The molecule has 0 amide bonds. The first-order chi connectivity index (χ1) is 15.5. The number of hydrogen-bond donors (Lipinski definition) is 0. The first-order valence-corrected chi connectivity index (χ1v) is 20.9. The van der Waals surface area contributed by atoms with E-state index in [9.17, 15) is 4.57 Å². The van der Waals surface area contributed by atoms with Gasteiger partial charge in [0.25, 0.3) is 0 Å². The third-order valence-corrected chi connectivity index (χ3v) is 23.3. The molecule has 0 aliphatic rings. The van der Waals surface area contributed by atoms with Gasteiger partial charge in [0.2, 0.25) is 0 Å². The summed E-state index contributed by atoms with van der Waals surface area (Å²) in [6.45, 7) is 7.10. The molecule has 0 aromatic heterocycles. The van der Waals surface area contributed by atoms with Crippen molar-refractivity contribution < 1.29 is 16.5 Å². The van der Waals surface area contributed by atoms with Crippen molar-refractivity contribution in [2.24, 2.45) is 0 Å². The van der Waals surface area contributed by atoms with Gasteiger partial charge in [0.05, 0.1) is 0 Å². The van der Waals surface area contributed by atoms with Crippen LogP contribution in [0.2, 0.25) is 13.3 Å². The van der Waals surface area contributed by atoms with Gasteiger partial charge in [0.1, 0.15) is 0 Å². The molecule has 0 radical (unpaired) electrons. The van der Waals surface area contributed by atoms with Gasteiger partial charge in [0, 0.05) is 0 Å². The molecule has 0 saturated carbocycles. The van der Waals surface area contributed by atoms with Crippen LogP contribution in [-0.2, 0) is 29.7 Å². The normalized spacial score (nSPS) is 12.2. The van der Waals surface area contributed by atoms with Crippen LogP contribution in [0.5, 0.6) is 0 Å². The Morgan fingerprint density at radius 3 is 1.38 bits per heavy atom. The number of phosphoric ester groups is 1. The average Bonchev–Trinajstić information content (AvgIpc) is 2.84. The first kappa shape index (κ1) is 27.6. The maximum atomic E-state index is 14.1. The number of phosphoric acid groups is 1. The molecule has 2 rings (SSSR count). The van der Waals surface area contributed by atoms with Gasteiger partial charge in [-0.05, 0) is 0 Å². The van der Waals surface area contributed by atoms with Gasteiger partial charge in [-0.2, -0.15) is 0 Å². The summed E-state index contributed by atoms with van der Waals surface area (Å²) in [5.74, 6) is 0. The molecule has 0 saturated heterocycles. The van der Waals surface area contributed by atoms with Crippen LogP contribution in [0.3, 0.4) is 0 Å². The fourth-order valence-electron chi connectivity index (χ4n) is 3.79. The monoisotopic (exact) mass is 568 g/mol. The van der Waals surface area contributed by atoms with Crippen LogP contribution in [0, 0.1) is 0 Å². The Bertz CT molecular complexity index is 716. The number of rotatable bonds is 17. The van der Waals surface area contributed by atoms with E-state index in [0.717, 1.165) is 63.0 Å². The van der Waals surface area contributed by atoms with Gasteiger partial charge in [-0.25, -0.2) is 0 Å². The molecule has 0 atom stereocenters. The standard InChI is InChI=1S/C14H15O4P.3C4H9.Sn/c15-19(16,17-11-13-7-3-1-4-8-13)18-12-14-9-5-2-6-10-14;3*1-3-4-2;/h1-10H,11-12H2,(H,15,16);3*1,3-4H2,2H3;/q;;;;+1/p-1. The van der Waals surface area contributed by atoms with Crippen molar-refractivity contribution in [3.63, 3.8) is 0 Å². The van der Waals surface area contributed by atoms with E-state index in [4.69, 9.17) is 11.9 Å². The second-order valence-electron chi connectivity index (χ2n) is 8.55. The van der Waals surface area contributed by atoms with E-state index < -0.39 is 26.6 Å². The molecule has 32 heavy (non-hydrogen) atoms. The Hall–Kier alpha value is -0.651. The number of unbranched alkanes of at least 4 members (excludes halogenated alkanes) is 3. The zero-order valence-electron chi connectivity index (χ0n) is 20.1. The summed E-state index contributed by atoms with van der Waals surface area (Å²) in [6.07, 6.45) is 6.75. The molecule has 4 nitrogen and oxygen atoms in total. The van der Waals surface area contributed by atoms with E-state index in [1.807, 2.05) is 60.7 Å². The fourth-order valence-corrected chi connectivity index (χ4v) is 23.3. The maximum absolute atomic E-state index is 14.1. The van der Waals surface area contributed by atoms with Gasteiger partial charge in [0.15, 0.2) is 0 Å². The van der Waals surface area contributed by atoms with Crippen molar-refractivity contribution in [3.05, 3.63) is 71.8 Å². The predicted octanol–water partition coefficient (Wildman–Crippen LogP) is 8.89. The summed E-state index contributed by atoms with van der Waals surface area (Å²) in [5, 5.41) is 0. The Balaban J connectivity index is 2.25. The summed E-state index contributed by atoms with van der Waals surface area (Å²) >= 11 is -3.21. The Kier molecular flexibility index (Phi) is 13.2. The molecule has 0 heterocycles. The van der Waals surface area contributed by atoms with E-state index in [2.05, 4.69) is 20.8 Å². The Morgan fingerprint density at radius 1 is 0.656 bits per heavy atom. The van der Waals surface area contributed by atoms with Crippen LogP contribution in [0.4, 0.5) is 0 Å². The van der Waals surface area contributed by atoms with Gasteiger partial charge >= 0.3 is 201 Å². The van der Waals surface area contributed by atoms with Gasteiger partial charge in [-0.1, -0.05) is 0 Å². The van der Waals surface area contributed by atoms with Crippen LogP contribution >= 0.6 is 7.82 Å². The van der Waals surface area contributed by atoms with Gasteiger partial charge in [-0.3, -0.25) is 0 Å². The second-order valence-corrected chi connectivity index (χ2v) is 22.7. The van der Waals surface area contributed by atoms with E-state index in [-0.39, 0.29) is 13.2 Å². The third kappa shape index (κ3) is 10.1. The van der Waals surface area contributed by atoms with E-state index in [1.165, 1.54) is 0 Å². The Morgan fingerprint density at radius 2 is 1.03 bits per heavy atom. The summed E-state index contributed by atoms with van der Waals surface area (Å²) in [4.78, 5) is 0. The molecule has 0 N–H and O–H groups in total. The van der Waals surface area contributed by atoms with Crippen LogP contribution in [0.15, 0.2) is 60.7 Å². The molecule has 0 spiro atoms. The topological polar surface area (TPSA) is 44.8 Å². The minimum atomic E-state index is -3.70. The van der Waals surface area contributed by atoms with Crippen LogP contribution < -0.4 is 0 Å². The molecule has 2 aromatic rings. The molecule has 2 aromatic carbocycles. The average molecular weight is 567 g/mol. The molecular formula is C26H41O4PSn. The molecule has 6 heteroatoms. The minimum absolute atomic E-state index is 0.226. The number of benzene rings is 2. The van der Waals surface area contributed by atoms with Crippen LogP contribution in [-0.4, -0.2) is 18.8 Å². The number of hydrogen-bond acceptors (Lipinski definition) is 4.